The molecule has 1 aromatic carbocycles. The number of halogens is 3. The summed E-state index contributed by atoms with van der Waals surface area (Å²) in [6.07, 6.45) is -3.48. The first-order valence-electron chi connectivity index (χ1n) is 5.61. The van der Waals surface area contributed by atoms with E-state index in [9.17, 15) is 13.2 Å². The summed E-state index contributed by atoms with van der Waals surface area (Å²) < 4.78 is 36.0. The first-order chi connectivity index (χ1) is 7.46. The quantitative estimate of drug-likeness (QED) is 0.723. The second-order valence-corrected chi connectivity index (χ2v) is 4.68. The van der Waals surface area contributed by atoms with Crippen LogP contribution in [0.15, 0.2) is 24.3 Å². The molecule has 3 heteroatoms. The van der Waals surface area contributed by atoms with Crippen LogP contribution in [-0.4, -0.2) is 6.18 Å². The molecule has 1 saturated carbocycles. The molecule has 0 heterocycles. The summed E-state index contributed by atoms with van der Waals surface area (Å²) in [5.41, 5.74) is 2.04. The lowest BCUT2D eigenvalue weighted by Gasteiger charge is -2.06. The summed E-state index contributed by atoms with van der Waals surface area (Å²) in [6.45, 7) is 2.20. The van der Waals surface area contributed by atoms with Gasteiger partial charge >= 0.3 is 6.18 Å². The Morgan fingerprint density at radius 2 is 1.75 bits per heavy atom. The van der Waals surface area contributed by atoms with Gasteiger partial charge in [-0.15, -0.1) is 0 Å². The lowest BCUT2D eigenvalue weighted by atomic mass is 10.0. The Morgan fingerprint density at radius 3 is 2.19 bits per heavy atom. The average Bonchev–Trinajstić information content (AvgIpc) is 2.92. The Balaban J connectivity index is 1.92. The standard InChI is InChI=1S/C13H15F3/c1-9-8-12(9)11-4-2-10(3-5-11)6-7-13(14,15)16/h2-5,9,12H,6-8H2,1H3. The zero-order chi connectivity index (χ0) is 11.8. The van der Waals surface area contributed by atoms with Crippen LogP contribution in [0, 0.1) is 5.92 Å². The Labute approximate surface area is 93.5 Å². The van der Waals surface area contributed by atoms with Gasteiger partial charge in [0.15, 0.2) is 0 Å². The molecule has 0 nitrogen and oxygen atoms in total. The van der Waals surface area contributed by atoms with E-state index in [1.165, 1.54) is 12.0 Å². The number of alkyl halides is 3. The van der Waals surface area contributed by atoms with Gasteiger partial charge in [0.1, 0.15) is 0 Å². The maximum atomic E-state index is 12.0. The molecule has 1 aromatic rings. The van der Waals surface area contributed by atoms with Crippen molar-refractivity contribution in [1.29, 1.82) is 0 Å². The predicted octanol–water partition coefficient (Wildman–Crippen LogP) is 4.30. The molecule has 1 aliphatic rings. The van der Waals surface area contributed by atoms with Gasteiger partial charge in [-0.2, -0.15) is 13.2 Å². The SMILES string of the molecule is CC1CC1c1ccc(CCC(F)(F)F)cc1. The molecule has 0 amide bonds. The first kappa shape index (κ1) is 11.5. The molecule has 1 aliphatic carbocycles. The Bertz CT molecular complexity index is 350. The van der Waals surface area contributed by atoms with Crippen molar-refractivity contribution in [3.8, 4) is 0 Å². The Kier molecular flexibility index (Phi) is 2.96. The molecule has 0 bridgehead atoms. The number of benzene rings is 1. The van der Waals surface area contributed by atoms with Crippen molar-refractivity contribution in [2.45, 2.75) is 38.3 Å². The number of hydrogen-bond donors (Lipinski definition) is 0. The van der Waals surface area contributed by atoms with Crippen molar-refractivity contribution in [2.75, 3.05) is 0 Å². The molecule has 0 N–H and O–H groups in total. The fourth-order valence-corrected chi connectivity index (χ4v) is 2.00. The summed E-state index contributed by atoms with van der Waals surface area (Å²) in [5.74, 6) is 1.37. The molecule has 0 spiro atoms. The van der Waals surface area contributed by atoms with Crippen LogP contribution in [0.1, 0.15) is 36.8 Å². The van der Waals surface area contributed by atoms with Crippen LogP contribution in [0.4, 0.5) is 13.2 Å². The highest BCUT2D eigenvalue weighted by molar-refractivity contribution is 5.29. The van der Waals surface area contributed by atoms with E-state index in [0.29, 0.717) is 5.92 Å². The summed E-state index contributed by atoms with van der Waals surface area (Å²) in [4.78, 5) is 0. The van der Waals surface area contributed by atoms with Crippen LogP contribution < -0.4 is 0 Å². The maximum Gasteiger partial charge on any atom is 0.389 e. The van der Waals surface area contributed by atoms with Gasteiger partial charge in [0.2, 0.25) is 0 Å². The fraction of sp³-hybridized carbons (Fsp3) is 0.538. The largest absolute Gasteiger partial charge is 0.389 e. The van der Waals surface area contributed by atoms with E-state index >= 15 is 0 Å². The van der Waals surface area contributed by atoms with Gasteiger partial charge in [-0.25, -0.2) is 0 Å². The third kappa shape index (κ3) is 3.00. The third-order valence-corrected chi connectivity index (χ3v) is 3.21. The molecule has 0 aromatic heterocycles. The third-order valence-electron chi connectivity index (χ3n) is 3.21. The topological polar surface area (TPSA) is 0 Å². The van der Waals surface area contributed by atoms with E-state index < -0.39 is 12.6 Å². The minimum Gasteiger partial charge on any atom is -0.171 e. The molecule has 2 unspecified atom stereocenters. The molecular weight excluding hydrogens is 213 g/mol. The highest BCUT2D eigenvalue weighted by atomic mass is 19.4. The summed E-state index contributed by atoms with van der Waals surface area (Å²) in [7, 11) is 0. The number of aryl methyl sites for hydroxylation is 1. The average molecular weight is 228 g/mol. The minimum atomic E-state index is -4.05. The van der Waals surface area contributed by atoms with Crippen molar-refractivity contribution in [2.24, 2.45) is 5.92 Å². The Hall–Kier alpha value is -0.990. The second kappa shape index (κ2) is 4.11. The van der Waals surface area contributed by atoms with Crippen LogP contribution >= 0.6 is 0 Å². The van der Waals surface area contributed by atoms with Gasteiger partial charge in [0.25, 0.3) is 0 Å². The summed E-state index contributed by atoms with van der Waals surface area (Å²) in [6, 6.07) is 7.60. The first-order valence-corrected chi connectivity index (χ1v) is 5.61. The van der Waals surface area contributed by atoms with E-state index in [1.807, 2.05) is 24.3 Å². The zero-order valence-electron chi connectivity index (χ0n) is 9.22. The molecule has 2 atom stereocenters. The van der Waals surface area contributed by atoms with Crippen LogP contribution in [-0.2, 0) is 6.42 Å². The van der Waals surface area contributed by atoms with E-state index in [1.54, 1.807) is 0 Å². The van der Waals surface area contributed by atoms with E-state index in [4.69, 9.17) is 0 Å². The highest BCUT2D eigenvalue weighted by Gasteiger charge is 2.33. The highest BCUT2D eigenvalue weighted by Crippen LogP contribution is 2.46. The van der Waals surface area contributed by atoms with Crippen LogP contribution in [0.3, 0.4) is 0 Å². The second-order valence-electron chi connectivity index (χ2n) is 4.68. The van der Waals surface area contributed by atoms with Crippen molar-refractivity contribution in [1.82, 2.24) is 0 Å². The normalized spacial score (nSPS) is 24.5. The maximum absolute atomic E-state index is 12.0. The van der Waals surface area contributed by atoms with Crippen molar-refractivity contribution in [3.05, 3.63) is 35.4 Å². The van der Waals surface area contributed by atoms with Crippen LogP contribution in [0.5, 0.6) is 0 Å². The molecule has 2 rings (SSSR count). The molecule has 0 saturated heterocycles. The van der Waals surface area contributed by atoms with E-state index in [2.05, 4.69) is 6.92 Å². The smallest absolute Gasteiger partial charge is 0.171 e. The van der Waals surface area contributed by atoms with Gasteiger partial charge in [-0.3, -0.25) is 0 Å². The van der Waals surface area contributed by atoms with E-state index in [-0.39, 0.29) is 6.42 Å². The number of rotatable bonds is 3. The van der Waals surface area contributed by atoms with Crippen molar-refractivity contribution < 1.29 is 13.2 Å². The monoisotopic (exact) mass is 228 g/mol. The zero-order valence-corrected chi connectivity index (χ0v) is 9.22. The van der Waals surface area contributed by atoms with Gasteiger partial charge in [0, 0.05) is 6.42 Å². The summed E-state index contributed by atoms with van der Waals surface area (Å²) in [5, 5.41) is 0. The molecular formula is C13H15F3. The van der Waals surface area contributed by atoms with Gasteiger partial charge in [0.05, 0.1) is 0 Å². The lowest BCUT2D eigenvalue weighted by Crippen LogP contribution is -2.08. The fourth-order valence-electron chi connectivity index (χ4n) is 2.00. The molecule has 0 aliphatic heterocycles. The molecule has 16 heavy (non-hydrogen) atoms. The molecule has 88 valence electrons. The van der Waals surface area contributed by atoms with E-state index in [0.717, 1.165) is 11.5 Å². The van der Waals surface area contributed by atoms with Crippen molar-refractivity contribution >= 4 is 0 Å². The van der Waals surface area contributed by atoms with Crippen molar-refractivity contribution in [3.63, 3.8) is 0 Å². The Morgan fingerprint density at radius 1 is 1.19 bits per heavy atom. The van der Waals surface area contributed by atoms with Crippen LogP contribution in [0.25, 0.3) is 0 Å². The van der Waals surface area contributed by atoms with Crippen LogP contribution in [0.2, 0.25) is 0 Å². The molecule has 1 fully saturated rings. The van der Waals surface area contributed by atoms with Gasteiger partial charge < -0.3 is 0 Å². The summed E-state index contributed by atoms with van der Waals surface area (Å²) >= 11 is 0. The number of hydrogen-bond acceptors (Lipinski definition) is 0. The lowest BCUT2D eigenvalue weighted by molar-refractivity contribution is -0.133. The molecule has 0 radical (unpaired) electrons. The van der Waals surface area contributed by atoms with Gasteiger partial charge in [-0.1, -0.05) is 31.2 Å². The van der Waals surface area contributed by atoms with Gasteiger partial charge in [-0.05, 0) is 35.8 Å². The predicted molar refractivity (Wildman–Crippen MR) is 57.3 cm³/mol. The minimum absolute atomic E-state index is 0.0873.